The molecule has 0 unspecified atom stereocenters. The molecule has 0 atom stereocenters. The predicted octanol–water partition coefficient (Wildman–Crippen LogP) is 7.55. The highest BCUT2D eigenvalue weighted by Gasteiger charge is 2.51. The fourth-order valence-corrected chi connectivity index (χ4v) is 7.90. The van der Waals surface area contributed by atoms with Crippen LogP contribution in [0.3, 0.4) is 0 Å². The summed E-state index contributed by atoms with van der Waals surface area (Å²) in [5, 5.41) is 6.93. The topological polar surface area (TPSA) is 45.1 Å². The quantitative estimate of drug-likeness (QED) is 0.320. The Morgan fingerprint density at radius 1 is 1.00 bits per heavy atom. The number of hydrogen-bond donors (Lipinski definition) is 2. The third-order valence-electron chi connectivity index (χ3n) is 10.4. The maximum absolute atomic E-state index is 5.13. The van der Waals surface area contributed by atoms with Gasteiger partial charge in [-0.05, 0) is 104 Å². The Morgan fingerprint density at radius 3 is 2.31 bits per heavy atom. The summed E-state index contributed by atoms with van der Waals surface area (Å²) in [6, 6.07) is 12.9. The third kappa shape index (κ3) is 4.69. The van der Waals surface area contributed by atoms with Crippen LogP contribution in [0.1, 0.15) is 73.8 Å². The van der Waals surface area contributed by atoms with Crippen molar-refractivity contribution in [1.29, 1.82) is 0 Å². The van der Waals surface area contributed by atoms with E-state index < -0.39 is 0 Å². The maximum atomic E-state index is 5.13. The zero-order valence-electron chi connectivity index (χ0n) is 24.6. The summed E-state index contributed by atoms with van der Waals surface area (Å²) in [5.41, 5.74) is 11.9. The van der Waals surface area contributed by atoms with Crippen LogP contribution in [-0.2, 0) is 20.0 Å². The van der Waals surface area contributed by atoms with Crippen molar-refractivity contribution in [2.45, 2.75) is 72.3 Å². The van der Waals surface area contributed by atoms with E-state index in [0.717, 1.165) is 42.4 Å². The number of imidazole rings is 1. The molecule has 1 aromatic heterocycles. The summed E-state index contributed by atoms with van der Waals surface area (Å²) >= 11 is 0. The van der Waals surface area contributed by atoms with Gasteiger partial charge in [0, 0.05) is 50.7 Å². The summed E-state index contributed by atoms with van der Waals surface area (Å²) in [6.45, 7) is 14.6. The number of nitrogens with one attached hydrogen (secondary N) is 2. The van der Waals surface area contributed by atoms with E-state index in [2.05, 4.69) is 90.9 Å². The van der Waals surface area contributed by atoms with Crippen molar-refractivity contribution in [1.82, 2.24) is 14.5 Å². The van der Waals surface area contributed by atoms with E-state index in [9.17, 15) is 0 Å². The van der Waals surface area contributed by atoms with Crippen molar-refractivity contribution >= 4 is 17.1 Å². The highest BCUT2D eigenvalue weighted by atomic mass is 15.2. The van der Waals surface area contributed by atoms with Crippen molar-refractivity contribution in [2.24, 2.45) is 17.9 Å². The smallest absolute Gasteiger partial charge is 0.156 e. The van der Waals surface area contributed by atoms with Gasteiger partial charge in [-0.2, -0.15) is 0 Å². The number of nitrogens with zero attached hydrogens (tertiary/aromatic N) is 3. The van der Waals surface area contributed by atoms with Crippen LogP contribution >= 0.6 is 0 Å². The summed E-state index contributed by atoms with van der Waals surface area (Å²) in [6.07, 6.45) is 9.66. The average molecular weight is 524 g/mol. The third-order valence-corrected chi connectivity index (χ3v) is 10.4. The lowest BCUT2D eigenvalue weighted by Crippen LogP contribution is -2.34. The normalized spacial score (nSPS) is 24.1. The van der Waals surface area contributed by atoms with Crippen molar-refractivity contribution in [2.75, 3.05) is 30.8 Å². The zero-order valence-corrected chi connectivity index (χ0v) is 24.6. The monoisotopic (exact) mass is 523 g/mol. The summed E-state index contributed by atoms with van der Waals surface area (Å²) in [5.74, 6) is 0.945. The minimum Gasteiger partial charge on any atom is -0.388 e. The summed E-state index contributed by atoms with van der Waals surface area (Å²) in [4.78, 5) is 7.78. The van der Waals surface area contributed by atoms with Crippen LogP contribution in [0.25, 0.3) is 16.8 Å². The van der Waals surface area contributed by atoms with Gasteiger partial charge in [0.05, 0.1) is 11.4 Å². The van der Waals surface area contributed by atoms with Gasteiger partial charge in [-0.15, -0.1) is 0 Å². The second-order valence-electron chi connectivity index (χ2n) is 13.0. The van der Waals surface area contributed by atoms with Crippen molar-refractivity contribution in [3.8, 4) is 11.1 Å². The molecule has 2 N–H and O–H groups in total. The molecule has 2 saturated carbocycles. The van der Waals surface area contributed by atoms with E-state index >= 15 is 0 Å². The molecule has 3 aliphatic rings. The van der Waals surface area contributed by atoms with E-state index in [1.54, 1.807) is 0 Å². The molecule has 0 radical (unpaired) electrons. The molecule has 2 aromatic carbocycles. The largest absolute Gasteiger partial charge is 0.388 e. The lowest BCUT2D eigenvalue weighted by molar-refractivity contribution is 0.181. The van der Waals surface area contributed by atoms with Gasteiger partial charge in [-0.1, -0.05) is 37.8 Å². The van der Waals surface area contributed by atoms with Crippen LogP contribution in [-0.4, -0.2) is 34.6 Å². The first-order valence-electron chi connectivity index (χ1n) is 14.8. The van der Waals surface area contributed by atoms with E-state index in [-0.39, 0.29) is 0 Å². The van der Waals surface area contributed by atoms with Crippen molar-refractivity contribution < 1.29 is 0 Å². The molecule has 1 aliphatic heterocycles. The van der Waals surface area contributed by atoms with Gasteiger partial charge >= 0.3 is 0 Å². The highest BCUT2D eigenvalue weighted by Crippen LogP contribution is 2.62. The molecule has 6 rings (SSSR count). The van der Waals surface area contributed by atoms with Crippen molar-refractivity contribution in [3.05, 3.63) is 71.3 Å². The van der Waals surface area contributed by atoms with Crippen molar-refractivity contribution in [3.63, 3.8) is 0 Å². The fourth-order valence-electron chi connectivity index (χ4n) is 7.90. The molecular formula is C34H45N5. The molecule has 0 spiro atoms. The Labute approximate surface area is 234 Å². The number of rotatable bonds is 8. The number of anilines is 2. The predicted molar refractivity (Wildman–Crippen MR) is 164 cm³/mol. The van der Waals surface area contributed by atoms with Gasteiger partial charge in [-0.3, -0.25) is 4.90 Å². The SMILES string of the molecule is C=C(Nc1cccc(-c2cccc(NC)c2C)c1C)c1nc2c(n1C)CCN(CCC13CCC(C)(CC1)C3)C2. The number of hydrogen-bond acceptors (Lipinski definition) is 4. The van der Waals surface area contributed by atoms with Gasteiger partial charge in [0.1, 0.15) is 0 Å². The van der Waals surface area contributed by atoms with Gasteiger partial charge in [0.2, 0.25) is 0 Å². The van der Waals surface area contributed by atoms with E-state index in [1.807, 2.05) is 7.05 Å². The summed E-state index contributed by atoms with van der Waals surface area (Å²) in [7, 11) is 4.13. The molecule has 2 aliphatic carbocycles. The standard InChI is InChI=1S/C34H45N5/c1-23-26(9-7-11-28(23)35-5)27-10-8-12-29(24(27)2)36-25(3)32-37-30-21-39(19-13-31(30)38(32)6)20-18-34-16-14-33(4,22-34)15-17-34/h7-12,35-36H,3,13-22H2,1-2,4-6H3. The minimum absolute atomic E-state index is 0.627. The lowest BCUT2D eigenvalue weighted by Gasteiger charge is -2.32. The van der Waals surface area contributed by atoms with E-state index in [1.165, 1.54) is 78.7 Å². The Hall–Kier alpha value is -3.05. The molecule has 0 saturated heterocycles. The number of benzene rings is 2. The number of aromatic nitrogens is 2. The molecule has 2 heterocycles. The van der Waals surface area contributed by atoms with Crippen LogP contribution in [0.2, 0.25) is 0 Å². The van der Waals surface area contributed by atoms with Gasteiger partial charge in [-0.25, -0.2) is 4.98 Å². The first kappa shape index (κ1) is 26.2. The van der Waals surface area contributed by atoms with Crippen LogP contribution in [0.4, 0.5) is 11.4 Å². The maximum Gasteiger partial charge on any atom is 0.156 e. The molecule has 5 heteroatoms. The van der Waals surface area contributed by atoms with Crippen LogP contribution in [0.15, 0.2) is 43.0 Å². The second-order valence-corrected chi connectivity index (χ2v) is 13.0. The molecule has 2 bridgehead atoms. The molecule has 39 heavy (non-hydrogen) atoms. The second kappa shape index (κ2) is 9.85. The average Bonchev–Trinajstić information content (AvgIpc) is 3.57. The Bertz CT molecular complexity index is 1410. The molecule has 0 amide bonds. The first-order valence-corrected chi connectivity index (χ1v) is 14.8. The van der Waals surface area contributed by atoms with Crippen LogP contribution in [0.5, 0.6) is 0 Å². The molecular weight excluding hydrogens is 478 g/mol. The molecule has 5 nitrogen and oxygen atoms in total. The van der Waals surface area contributed by atoms with Gasteiger partial charge in [0.25, 0.3) is 0 Å². The van der Waals surface area contributed by atoms with E-state index in [0.29, 0.717) is 10.8 Å². The minimum atomic E-state index is 0.627. The van der Waals surface area contributed by atoms with Gasteiger partial charge < -0.3 is 15.2 Å². The molecule has 2 fully saturated rings. The lowest BCUT2D eigenvalue weighted by atomic mass is 9.80. The van der Waals surface area contributed by atoms with Crippen LogP contribution < -0.4 is 10.6 Å². The highest BCUT2D eigenvalue weighted by molar-refractivity contribution is 5.82. The Balaban J connectivity index is 1.16. The Kier molecular flexibility index (Phi) is 6.61. The van der Waals surface area contributed by atoms with Gasteiger partial charge in [0.15, 0.2) is 5.82 Å². The molecule has 206 valence electrons. The Morgan fingerprint density at radius 2 is 1.67 bits per heavy atom. The van der Waals surface area contributed by atoms with Crippen LogP contribution in [0, 0.1) is 24.7 Å². The van der Waals surface area contributed by atoms with E-state index in [4.69, 9.17) is 4.98 Å². The zero-order chi connectivity index (χ0) is 27.4. The fraction of sp³-hybridized carbons (Fsp3) is 0.500. The summed E-state index contributed by atoms with van der Waals surface area (Å²) < 4.78 is 2.26. The number of fused-ring (bicyclic) bond motifs is 3. The first-order chi connectivity index (χ1) is 18.7. The molecule has 3 aromatic rings.